The number of rotatable bonds is 3. The van der Waals surface area contributed by atoms with Crippen molar-refractivity contribution in [2.75, 3.05) is 18.0 Å². The number of nitrogens with one attached hydrogen (secondary N) is 1. The summed E-state index contributed by atoms with van der Waals surface area (Å²) in [7, 11) is 0. The fourth-order valence-corrected chi connectivity index (χ4v) is 4.23. The smallest absolute Gasteiger partial charge is 0.256 e. The Kier molecular flexibility index (Phi) is 4.40. The molecule has 3 heterocycles. The summed E-state index contributed by atoms with van der Waals surface area (Å²) in [5.74, 6) is 2.12. The first kappa shape index (κ1) is 17.0. The summed E-state index contributed by atoms with van der Waals surface area (Å²) in [4.78, 5) is 19.2. The number of hydrogen-bond acceptors (Lipinski definition) is 6. The number of aryl methyl sites for hydroxylation is 2. The van der Waals surface area contributed by atoms with Crippen LogP contribution < -0.4 is 10.2 Å². The van der Waals surface area contributed by atoms with E-state index in [0.29, 0.717) is 29.6 Å². The molecule has 0 unspecified atom stereocenters. The molecule has 4 rings (SSSR count). The Morgan fingerprint density at radius 1 is 1.31 bits per heavy atom. The number of carbonyl (C=O) groups is 1. The van der Waals surface area contributed by atoms with Crippen LogP contribution in [-0.2, 0) is 0 Å². The molecule has 1 saturated heterocycles. The average molecular weight is 356 g/mol. The highest BCUT2D eigenvalue weighted by Gasteiger charge is 2.42. The molecule has 26 heavy (non-hydrogen) atoms. The predicted molar refractivity (Wildman–Crippen MR) is 95.9 cm³/mol. The van der Waals surface area contributed by atoms with E-state index in [-0.39, 0.29) is 11.9 Å². The molecular formula is C19H24N4O3. The van der Waals surface area contributed by atoms with Crippen molar-refractivity contribution in [3.63, 3.8) is 0 Å². The summed E-state index contributed by atoms with van der Waals surface area (Å²) in [6.45, 7) is 5.59. The van der Waals surface area contributed by atoms with E-state index >= 15 is 0 Å². The van der Waals surface area contributed by atoms with Crippen LogP contribution in [0.25, 0.3) is 0 Å². The fourth-order valence-electron chi connectivity index (χ4n) is 4.23. The fraction of sp³-hybridized carbons (Fsp3) is 0.526. The van der Waals surface area contributed by atoms with Gasteiger partial charge in [0.15, 0.2) is 0 Å². The van der Waals surface area contributed by atoms with Gasteiger partial charge in [-0.05, 0) is 56.2 Å². The lowest BCUT2D eigenvalue weighted by molar-refractivity contribution is 0.0461. The Bertz CT molecular complexity index is 806. The Labute approximate surface area is 152 Å². The predicted octanol–water partition coefficient (Wildman–Crippen LogP) is 1.69. The van der Waals surface area contributed by atoms with E-state index in [1.54, 1.807) is 6.92 Å². The number of pyridine rings is 1. The van der Waals surface area contributed by atoms with Crippen LogP contribution in [0.2, 0.25) is 0 Å². The lowest BCUT2D eigenvalue weighted by Gasteiger charge is -2.35. The highest BCUT2D eigenvalue weighted by atomic mass is 16.5. The number of fused-ring (bicyclic) bond motifs is 1. The SMILES string of the molecule is Cc1ccnc(N2C[C@H]3C[C@H](O)[C@@H](NC(=O)c4cnoc4C)C[C@H]3C2)c1. The summed E-state index contributed by atoms with van der Waals surface area (Å²) < 4.78 is 4.96. The first-order chi connectivity index (χ1) is 12.5. The van der Waals surface area contributed by atoms with Crippen LogP contribution in [0, 0.1) is 25.7 Å². The van der Waals surface area contributed by atoms with Crippen molar-refractivity contribution in [2.45, 2.75) is 38.8 Å². The van der Waals surface area contributed by atoms with E-state index in [9.17, 15) is 9.90 Å². The zero-order valence-corrected chi connectivity index (χ0v) is 15.1. The van der Waals surface area contributed by atoms with E-state index < -0.39 is 6.10 Å². The second-order valence-electron chi connectivity index (χ2n) is 7.53. The zero-order valence-electron chi connectivity index (χ0n) is 15.1. The summed E-state index contributed by atoms with van der Waals surface area (Å²) in [5, 5.41) is 17.2. The number of aliphatic hydroxyl groups excluding tert-OH is 1. The van der Waals surface area contributed by atoms with Gasteiger partial charge in [0.1, 0.15) is 17.1 Å². The largest absolute Gasteiger partial charge is 0.391 e. The summed E-state index contributed by atoms with van der Waals surface area (Å²) in [5.41, 5.74) is 1.62. The van der Waals surface area contributed by atoms with Crippen LogP contribution >= 0.6 is 0 Å². The molecule has 138 valence electrons. The monoisotopic (exact) mass is 356 g/mol. The summed E-state index contributed by atoms with van der Waals surface area (Å²) in [6.07, 6.45) is 4.19. The lowest BCUT2D eigenvalue weighted by Crippen LogP contribution is -2.49. The maximum atomic E-state index is 12.4. The van der Waals surface area contributed by atoms with E-state index in [0.717, 1.165) is 25.3 Å². The minimum atomic E-state index is -0.536. The number of anilines is 1. The van der Waals surface area contributed by atoms with Gasteiger partial charge in [0.05, 0.1) is 18.3 Å². The third-order valence-corrected chi connectivity index (χ3v) is 5.68. The number of carbonyl (C=O) groups excluding carboxylic acids is 1. The first-order valence-corrected chi connectivity index (χ1v) is 9.09. The number of aliphatic hydroxyl groups is 1. The number of amides is 1. The molecular weight excluding hydrogens is 332 g/mol. The highest BCUT2D eigenvalue weighted by Crippen LogP contribution is 2.38. The van der Waals surface area contributed by atoms with Gasteiger partial charge in [-0.2, -0.15) is 0 Å². The van der Waals surface area contributed by atoms with Crippen molar-refractivity contribution in [1.29, 1.82) is 0 Å². The normalized spacial score (nSPS) is 28.0. The van der Waals surface area contributed by atoms with Crippen LogP contribution in [0.4, 0.5) is 5.82 Å². The van der Waals surface area contributed by atoms with Crippen LogP contribution in [0.15, 0.2) is 29.0 Å². The van der Waals surface area contributed by atoms with Gasteiger partial charge >= 0.3 is 0 Å². The quantitative estimate of drug-likeness (QED) is 0.870. The molecule has 1 aliphatic carbocycles. The van der Waals surface area contributed by atoms with Crippen molar-refractivity contribution >= 4 is 11.7 Å². The van der Waals surface area contributed by atoms with Crippen molar-refractivity contribution in [3.05, 3.63) is 41.4 Å². The lowest BCUT2D eigenvalue weighted by atomic mass is 9.77. The molecule has 2 aromatic rings. The molecule has 0 aromatic carbocycles. The van der Waals surface area contributed by atoms with E-state index in [1.807, 2.05) is 12.3 Å². The molecule has 2 fully saturated rings. The van der Waals surface area contributed by atoms with Crippen molar-refractivity contribution in [3.8, 4) is 0 Å². The van der Waals surface area contributed by atoms with Crippen molar-refractivity contribution in [1.82, 2.24) is 15.5 Å². The van der Waals surface area contributed by atoms with Gasteiger partial charge in [0, 0.05) is 19.3 Å². The van der Waals surface area contributed by atoms with E-state index in [2.05, 4.69) is 33.3 Å². The van der Waals surface area contributed by atoms with Gasteiger partial charge in [0.2, 0.25) is 0 Å². The molecule has 1 aliphatic heterocycles. The maximum Gasteiger partial charge on any atom is 0.256 e. The molecule has 4 atom stereocenters. The van der Waals surface area contributed by atoms with Gasteiger partial charge in [-0.3, -0.25) is 4.79 Å². The molecule has 0 spiro atoms. The van der Waals surface area contributed by atoms with Gasteiger partial charge in [0.25, 0.3) is 5.91 Å². The third-order valence-electron chi connectivity index (χ3n) is 5.68. The van der Waals surface area contributed by atoms with Gasteiger partial charge < -0.3 is 19.8 Å². The van der Waals surface area contributed by atoms with Crippen LogP contribution in [0.1, 0.15) is 34.5 Å². The second kappa shape index (κ2) is 6.72. The average Bonchev–Trinajstić information content (AvgIpc) is 3.21. The Hall–Kier alpha value is -2.41. The van der Waals surface area contributed by atoms with Crippen molar-refractivity contribution < 1.29 is 14.4 Å². The molecule has 0 radical (unpaired) electrons. The molecule has 2 aromatic heterocycles. The topological polar surface area (TPSA) is 91.5 Å². The molecule has 7 heteroatoms. The second-order valence-corrected chi connectivity index (χ2v) is 7.53. The first-order valence-electron chi connectivity index (χ1n) is 9.09. The molecule has 7 nitrogen and oxygen atoms in total. The maximum absolute atomic E-state index is 12.4. The highest BCUT2D eigenvalue weighted by molar-refractivity contribution is 5.94. The molecule has 1 amide bonds. The Balaban J connectivity index is 1.43. The molecule has 0 bridgehead atoms. The number of aromatic nitrogens is 2. The molecule has 1 saturated carbocycles. The Morgan fingerprint density at radius 3 is 2.77 bits per heavy atom. The standard InChI is InChI=1S/C19H24N4O3/c1-11-3-4-20-18(5-11)23-9-13-6-16(17(24)7-14(13)10-23)22-19(25)15-8-21-26-12(15)2/h3-5,8,13-14,16-17,24H,6-7,9-10H2,1-2H3,(H,22,25)/t13-,14+,16-,17-/m0/s1. The van der Waals surface area contributed by atoms with Gasteiger partial charge in [-0.25, -0.2) is 4.98 Å². The molecule has 2 aliphatic rings. The summed E-state index contributed by atoms with van der Waals surface area (Å²) in [6, 6.07) is 3.85. The van der Waals surface area contributed by atoms with Gasteiger partial charge in [-0.1, -0.05) is 5.16 Å². The van der Waals surface area contributed by atoms with E-state index in [1.165, 1.54) is 11.8 Å². The zero-order chi connectivity index (χ0) is 18.3. The number of hydrogen-bond donors (Lipinski definition) is 2. The summed E-state index contributed by atoms with van der Waals surface area (Å²) >= 11 is 0. The Morgan fingerprint density at radius 2 is 2.08 bits per heavy atom. The minimum Gasteiger partial charge on any atom is -0.391 e. The van der Waals surface area contributed by atoms with Crippen LogP contribution in [-0.4, -0.2) is 46.4 Å². The molecule has 2 N–H and O–H groups in total. The minimum absolute atomic E-state index is 0.235. The number of nitrogens with zero attached hydrogens (tertiary/aromatic N) is 3. The van der Waals surface area contributed by atoms with E-state index in [4.69, 9.17) is 4.52 Å². The van der Waals surface area contributed by atoms with Crippen molar-refractivity contribution in [2.24, 2.45) is 11.8 Å². The van der Waals surface area contributed by atoms with Crippen LogP contribution in [0.5, 0.6) is 0 Å². The third kappa shape index (κ3) is 3.19. The van der Waals surface area contributed by atoms with Crippen LogP contribution in [0.3, 0.4) is 0 Å². The van der Waals surface area contributed by atoms with Gasteiger partial charge in [-0.15, -0.1) is 0 Å².